The summed E-state index contributed by atoms with van der Waals surface area (Å²) in [7, 11) is 0. The highest BCUT2D eigenvalue weighted by molar-refractivity contribution is 6.16. The van der Waals surface area contributed by atoms with Crippen LogP contribution in [-0.4, -0.2) is 19.1 Å². The van der Waals surface area contributed by atoms with Gasteiger partial charge in [0, 0.05) is 22.4 Å². The molecule has 10 aromatic rings. The van der Waals surface area contributed by atoms with Crippen molar-refractivity contribution in [3.8, 4) is 33.9 Å². The second-order valence-electron chi connectivity index (χ2n) is 12.1. The standard InChI is InChI=1S/C42H24F2N4O/c43-31-22-26(25-10-2-1-3-11-25)23-32(44)40(31)48-37-24-45-21-20-33(37)46-42(48)30-18-19-36(39-29-14-6-9-17-38(29)49-41(30)39)47-34-15-7-4-12-27(34)28-13-5-8-16-35(28)47/h1-24H. The first-order valence-corrected chi connectivity index (χ1v) is 16.0. The number of imidazole rings is 1. The Labute approximate surface area is 277 Å². The molecule has 0 aliphatic heterocycles. The van der Waals surface area contributed by atoms with Crippen molar-refractivity contribution < 1.29 is 13.2 Å². The number of benzene rings is 6. The summed E-state index contributed by atoms with van der Waals surface area (Å²) >= 11 is 0. The molecule has 0 saturated heterocycles. The van der Waals surface area contributed by atoms with Gasteiger partial charge in [-0.1, -0.05) is 84.9 Å². The Hall–Kier alpha value is -6.60. The summed E-state index contributed by atoms with van der Waals surface area (Å²) in [5, 5.41) is 4.08. The summed E-state index contributed by atoms with van der Waals surface area (Å²) in [5.41, 5.74) is 6.84. The van der Waals surface area contributed by atoms with Gasteiger partial charge >= 0.3 is 0 Å². The molecule has 6 aromatic carbocycles. The molecule has 232 valence electrons. The first-order valence-electron chi connectivity index (χ1n) is 16.0. The van der Waals surface area contributed by atoms with E-state index in [9.17, 15) is 0 Å². The van der Waals surface area contributed by atoms with Crippen molar-refractivity contribution >= 4 is 54.8 Å². The van der Waals surface area contributed by atoms with Crippen LogP contribution in [0.4, 0.5) is 8.78 Å². The predicted molar refractivity (Wildman–Crippen MR) is 191 cm³/mol. The second kappa shape index (κ2) is 10.5. The van der Waals surface area contributed by atoms with Crippen molar-refractivity contribution in [2.24, 2.45) is 0 Å². The number of rotatable bonds is 4. The van der Waals surface area contributed by atoms with Crippen molar-refractivity contribution in [2.45, 2.75) is 0 Å². The van der Waals surface area contributed by atoms with Gasteiger partial charge in [0.05, 0.1) is 44.9 Å². The Morgan fingerprint density at radius 2 is 1.22 bits per heavy atom. The third-order valence-corrected chi connectivity index (χ3v) is 9.37. The molecule has 5 nitrogen and oxygen atoms in total. The van der Waals surface area contributed by atoms with Crippen molar-refractivity contribution in [1.29, 1.82) is 0 Å². The normalized spacial score (nSPS) is 11.9. The van der Waals surface area contributed by atoms with Crippen LogP contribution in [0.15, 0.2) is 150 Å². The van der Waals surface area contributed by atoms with E-state index in [1.54, 1.807) is 18.5 Å². The summed E-state index contributed by atoms with van der Waals surface area (Å²) in [6.07, 6.45) is 3.20. The van der Waals surface area contributed by atoms with E-state index in [1.165, 1.54) is 16.7 Å². The second-order valence-corrected chi connectivity index (χ2v) is 12.1. The first-order chi connectivity index (χ1) is 24.2. The van der Waals surface area contributed by atoms with Crippen LogP contribution in [0.1, 0.15) is 0 Å². The SMILES string of the molecule is Fc1cc(-c2ccccc2)cc(F)c1-n1c(-c2ccc(-n3c4ccccc4c4ccccc43)c3c2oc2ccccc23)nc2ccncc21. The minimum absolute atomic E-state index is 0.235. The van der Waals surface area contributed by atoms with Crippen molar-refractivity contribution in [3.63, 3.8) is 0 Å². The molecule has 7 heteroatoms. The Morgan fingerprint density at radius 3 is 1.96 bits per heavy atom. The van der Waals surface area contributed by atoms with Gasteiger partial charge in [0.25, 0.3) is 0 Å². The van der Waals surface area contributed by atoms with Crippen molar-refractivity contribution in [2.75, 3.05) is 0 Å². The molecule has 0 amide bonds. The monoisotopic (exact) mass is 638 g/mol. The van der Waals surface area contributed by atoms with Gasteiger partial charge in [-0.2, -0.15) is 0 Å². The average molecular weight is 639 g/mol. The fourth-order valence-electron chi connectivity index (χ4n) is 7.26. The molecule has 10 rings (SSSR count). The minimum atomic E-state index is -0.717. The highest BCUT2D eigenvalue weighted by Crippen LogP contribution is 2.43. The minimum Gasteiger partial charge on any atom is -0.455 e. The number of furan rings is 1. The third kappa shape index (κ3) is 4.02. The van der Waals surface area contributed by atoms with Gasteiger partial charge < -0.3 is 8.98 Å². The topological polar surface area (TPSA) is 48.8 Å². The van der Waals surface area contributed by atoms with Crippen LogP contribution >= 0.6 is 0 Å². The lowest BCUT2D eigenvalue weighted by Crippen LogP contribution is -2.05. The molecule has 0 aliphatic carbocycles. The number of fused-ring (bicyclic) bond motifs is 7. The summed E-state index contributed by atoms with van der Waals surface area (Å²) in [6, 6.07) is 42.2. The molecule has 0 N–H and O–H groups in total. The molecule has 4 aromatic heterocycles. The first kappa shape index (κ1) is 27.5. The van der Waals surface area contributed by atoms with Gasteiger partial charge in [0.1, 0.15) is 22.7 Å². The summed E-state index contributed by atoms with van der Waals surface area (Å²) in [4.78, 5) is 9.26. The lowest BCUT2D eigenvalue weighted by atomic mass is 10.0. The van der Waals surface area contributed by atoms with Gasteiger partial charge in [-0.05, 0) is 59.7 Å². The van der Waals surface area contributed by atoms with Gasteiger partial charge in [-0.3, -0.25) is 9.55 Å². The molecule has 0 fully saturated rings. The van der Waals surface area contributed by atoms with E-state index < -0.39 is 11.6 Å². The molecule has 0 aliphatic rings. The van der Waals surface area contributed by atoms with E-state index in [1.807, 2.05) is 78.9 Å². The summed E-state index contributed by atoms with van der Waals surface area (Å²) in [5.74, 6) is -1.09. The molecule has 0 radical (unpaired) electrons. The zero-order valence-corrected chi connectivity index (χ0v) is 25.8. The van der Waals surface area contributed by atoms with Crippen LogP contribution in [0.25, 0.3) is 88.7 Å². The number of hydrogen-bond donors (Lipinski definition) is 0. The fraction of sp³-hybridized carbons (Fsp3) is 0. The van der Waals surface area contributed by atoms with E-state index in [0.717, 1.165) is 38.3 Å². The Morgan fingerprint density at radius 1 is 0.571 bits per heavy atom. The zero-order chi connectivity index (χ0) is 32.6. The average Bonchev–Trinajstić information content (AvgIpc) is 3.82. The van der Waals surface area contributed by atoms with Gasteiger partial charge in [0.15, 0.2) is 11.6 Å². The van der Waals surface area contributed by atoms with Gasteiger partial charge in [-0.15, -0.1) is 0 Å². The highest BCUT2D eigenvalue weighted by Gasteiger charge is 2.26. The summed E-state index contributed by atoms with van der Waals surface area (Å²) in [6.45, 7) is 0. The predicted octanol–water partition coefficient (Wildman–Crippen LogP) is 11.0. The molecule has 0 atom stereocenters. The molecule has 4 heterocycles. The number of aromatic nitrogens is 4. The zero-order valence-electron chi connectivity index (χ0n) is 25.8. The van der Waals surface area contributed by atoms with Crippen LogP contribution in [0.2, 0.25) is 0 Å². The quantitative estimate of drug-likeness (QED) is 0.193. The lowest BCUT2D eigenvalue weighted by molar-refractivity contribution is 0.572. The molecular weight excluding hydrogens is 614 g/mol. The van der Waals surface area contributed by atoms with Crippen LogP contribution in [0.3, 0.4) is 0 Å². The summed E-state index contributed by atoms with van der Waals surface area (Å²) < 4.78 is 43.0. The number of halogens is 2. The van der Waals surface area contributed by atoms with E-state index in [0.29, 0.717) is 44.7 Å². The maximum absolute atomic E-state index is 16.3. The van der Waals surface area contributed by atoms with E-state index >= 15 is 8.78 Å². The number of para-hydroxylation sites is 3. The molecule has 0 saturated carbocycles. The van der Waals surface area contributed by atoms with Crippen LogP contribution in [0, 0.1) is 11.6 Å². The van der Waals surface area contributed by atoms with Crippen LogP contribution < -0.4 is 0 Å². The number of pyridine rings is 1. The van der Waals surface area contributed by atoms with E-state index in [2.05, 4.69) is 45.9 Å². The van der Waals surface area contributed by atoms with Gasteiger partial charge in [0.2, 0.25) is 0 Å². The van der Waals surface area contributed by atoms with E-state index in [4.69, 9.17) is 9.40 Å². The van der Waals surface area contributed by atoms with Crippen LogP contribution in [0.5, 0.6) is 0 Å². The maximum Gasteiger partial charge on any atom is 0.150 e. The lowest BCUT2D eigenvalue weighted by Gasteiger charge is -2.15. The molecule has 0 spiro atoms. The van der Waals surface area contributed by atoms with E-state index in [-0.39, 0.29) is 5.69 Å². The van der Waals surface area contributed by atoms with Gasteiger partial charge in [-0.25, -0.2) is 13.8 Å². The molecule has 0 bridgehead atoms. The largest absolute Gasteiger partial charge is 0.455 e. The Balaban J connectivity index is 1.29. The molecule has 49 heavy (non-hydrogen) atoms. The van der Waals surface area contributed by atoms with Crippen molar-refractivity contribution in [3.05, 3.63) is 157 Å². The van der Waals surface area contributed by atoms with Crippen LogP contribution in [-0.2, 0) is 0 Å². The molecule has 0 unspecified atom stereocenters. The Bertz CT molecular complexity index is 2840. The Kier molecular flexibility index (Phi) is 5.87. The fourth-order valence-corrected chi connectivity index (χ4v) is 7.26. The smallest absolute Gasteiger partial charge is 0.150 e. The van der Waals surface area contributed by atoms with Crippen molar-refractivity contribution in [1.82, 2.24) is 19.1 Å². The third-order valence-electron chi connectivity index (χ3n) is 9.37. The maximum atomic E-state index is 16.3. The highest BCUT2D eigenvalue weighted by atomic mass is 19.1. The number of nitrogens with zero attached hydrogens (tertiary/aromatic N) is 4. The molecular formula is C42H24F2N4O. The number of hydrogen-bond acceptors (Lipinski definition) is 3.